The van der Waals surface area contributed by atoms with Gasteiger partial charge in [-0.05, 0) is 23.6 Å². The lowest BCUT2D eigenvalue weighted by molar-refractivity contribution is 0.437. The molecule has 1 atom stereocenters. The highest BCUT2D eigenvalue weighted by Gasteiger charge is 2.20. The molecule has 15 heavy (non-hydrogen) atoms. The van der Waals surface area contributed by atoms with Gasteiger partial charge in [0, 0.05) is 10.9 Å². The predicted molar refractivity (Wildman–Crippen MR) is 59.3 cm³/mol. The second kappa shape index (κ2) is 5.26. The molecular formula is C12H13ClF2. The summed E-state index contributed by atoms with van der Waals surface area (Å²) in [5, 5.41) is 0.589. The summed E-state index contributed by atoms with van der Waals surface area (Å²) in [5.41, 5.74) is 0.737. The summed E-state index contributed by atoms with van der Waals surface area (Å²) in [5.74, 6) is -1.28. The first-order valence-electron chi connectivity index (χ1n) is 4.77. The van der Waals surface area contributed by atoms with E-state index in [0.29, 0.717) is 5.02 Å². The minimum atomic E-state index is -0.743. The van der Waals surface area contributed by atoms with E-state index in [1.54, 1.807) is 24.3 Å². The number of allylic oxidation sites excluding steroid dienone is 1. The van der Waals surface area contributed by atoms with Crippen LogP contribution in [0.2, 0.25) is 5.02 Å². The summed E-state index contributed by atoms with van der Waals surface area (Å²) < 4.78 is 25.5. The standard InChI is InChI=1S/C12H13ClF2/c1-8(2)12(11(15)7-14)9-3-5-10(13)6-4-9/h3-8,12H,1-2H3/b11-7-. The zero-order valence-electron chi connectivity index (χ0n) is 8.68. The van der Waals surface area contributed by atoms with Gasteiger partial charge in [-0.25, -0.2) is 8.78 Å². The van der Waals surface area contributed by atoms with Gasteiger partial charge in [-0.3, -0.25) is 0 Å². The maximum atomic E-state index is 13.3. The van der Waals surface area contributed by atoms with Crippen molar-refractivity contribution in [2.24, 2.45) is 5.92 Å². The minimum Gasteiger partial charge on any atom is -0.213 e. The summed E-state index contributed by atoms with van der Waals surface area (Å²) >= 11 is 5.73. The van der Waals surface area contributed by atoms with Gasteiger partial charge < -0.3 is 0 Å². The van der Waals surface area contributed by atoms with E-state index in [4.69, 9.17) is 11.6 Å². The van der Waals surface area contributed by atoms with Crippen molar-refractivity contribution < 1.29 is 8.78 Å². The number of hydrogen-bond acceptors (Lipinski definition) is 0. The second-order valence-electron chi connectivity index (χ2n) is 3.77. The molecule has 1 aromatic rings. The van der Waals surface area contributed by atoms with E-state index in [2.05, 4.69) is 0 Å². The topological polar surface area (TPSA) is 0 Å². The Kier molecular flexibility index (Phi) is 4.28. The van der Waals surface area contributed by atoms with Gasteiger partial charge in [0.2, 0.25) is 0 Å². The summed E-state index contributed by atoms with van der Waals surface area (Å²) in [7, 11) is 0. The van der Waals surface area contributed by atoms with E-state index >= 15 is 0 Å². The lowest BCUT2D eigenvalue weighted by Crippen LogP contribution is -2.07. The van der Waals surface area contributed by atoms with Crippen molar-refractivity contribution >= 4 is 11.6 Å². The molecular weight excluding hydrogens is 218 g/mol. The molecule has 0 bridgehead atoms. The Hall–Kier alpha value is -0.890. The van der Waals surface area contributed by atoms with Gasteiger partial charge in [-0.2, -0.15) is 0 Å². The molecule has 0 aliphatic carbocycles. The quantitative estimate of drug-likeness (QED) is 0.696. The molecule has 0 amide bonds. The van der Waals surface area contributed by atoms with Crippen molar-refractivity contribution in [2.45, 2.75) is 19.8 Å². The van der Waals surface area contributed by atoms with E-state index in [1.807, 2.05) is 13.8 Å². The van der Waals surface area contributed by atoms with Gasteiger partial charge in [0.05, 0.1) is 0 Å². The van der Waals surface area contributed by atoms with Crippen LogP contribution < -0.4 is 0 Å². The predicted octanol–water partition coefficient (Wildman–Crippen LogP) is 4.86. The van der Waals surface area contributed by atoms with Crippen molar-refractivity contribution in [1.29, 1.82) is 0 Å². The smallest absolute Gasteiger partial charge is 0.136 e. The van der Waals surface area contributed by atoms with Crippen molar-refractivity contribution in [2.75, 3.05) is 0 Å². The van der Waals surface area contributed by atoms with Gasteiger partial charge >= 0.3 is 0 Å². The lowest BCUT2D eigenvalue weighted by atomic mass is 9.88. The van der Waals surface area contributed by atoms with Crippen molar-refractivity contribution in [3.8, 4) is 0 Å². The molecule has 82 valence electrons. The molecule has 0 saturated carbocycles. The number of benzene rings is 1. The van der Waals surface area contributed by atoms with Crippen LogP contribution in [0.5, 0.6) is 0 Å². The van der Waals surface area contributed by atoms with Crippen LogP contribution in [0.25, 0.3) is 0 Å². The Morgan fingerprint density at radius 2 is 1.80 bits per heavy atom. The van der Waals surface area contributed by atoms with Crippen molar-refractivity contribution in [1.82, 2.24) is 0 Å². The molecule has 0 spiro atoms. The third-order valence-electron chi connectivity index (χ3n) is 2.30. The SMILES string of the molecule is CC(C)C(/C(F)=C/F)c1ccc(Cl)cc1. The summed E-state index contributed by atoms with van der Waals surface area (Å²) in [6.45, 7) is 3.70. The first kappa shape index (κ1) is 12.2. The monoisotopic (exact) mass is 230 g/mol. The molecule has 0 nitrogen and oxygen atoms in total. The molecule has 0 radical (unpaired) electrons. The molecule has 0 N–H and O–H groups in total. The summed E-state index contributed by atoms with van der Waals surface area (Å²) in [6, 6.07) is 6.79. The van der Waals surface area contributed by atoms with Crippen molar-refractivity contribution in [3.05, 3.63) is 47.0 Å². The molecule has 1 aromatic carbocycles. The molecule has 0 fully saturated rings. The average Bonchev–Trinajstić information content (AvgIpc) is 2.20. The summed E-state index contributed by atoms with van der Waals surface area (Å²) in [4.78, 5) is 0. The fraction of sp³-hybridized carbons (Fsp3) is 0.333. The molecule has 3 heteroatoms. The third kappa shape index (κ3) is 3.03. The van der Waals surface area contributed by atoms with Crippen molar-refractivity contribution in [3.63, 3.8) is 0 Å². The highest BCUT2D eigenvalue weighted by atomic mass is 35.5. The van der Waals surface area contributed by atoms with Crippen LogP contribution >= 0.6 is 11.6 Å². The van der Waals surface area contributed by atoms with E-state index in [9.17, 15) is 8.78 Å². The maximum absolute atomic E-state index is 13.3. The van der Waals surface area contributed by atoms with Crippen LogP contribution in [0.3, 0.4) is 0 Å². The molecule has 1 rings (SSSR count). The largest absolute Gasteiger partial charge is 0.213 e. The van der Waals surface area contributed by atoms with E-state index in [1.165, 1.54) is 0 Å². The Morgan fingerprint density at radius 1 is 1.27 bits per heavy atom. The normalized spacial score (nSPS) is 14.4. The van der Waals surface area contributed by atoms with Gasteiger partial charge in [-0.15, -0.1) is 0 Å². The van der Waals surface area contributed by atoms with Gasteiger partial charge in [0.1, 0.15) is 12.2 Å². The molecule has 1 unspecified atom stereocenters. The first-order chi connectivity index (χ1) is 7.06. The van der Waals surface area contributed by atoms with Crippen LogP contribution in [0.15, 0.2) is 36.4 Å². The average molecular weight is 231 g/mol. The number of halogens is 3. The van der Waals surface area contributed by atoms with E-state index < -0.39 is 11.7 Å². The second-order valence-corrected chi connectivity index (χ2v) is 4.20. The van der Waals surface area contributed by atoms with E-state index in [-0.39, 0.29) is 12.2 Å². The molecule has 0 saturated heterocycles. The summed E-state index contributed by atoms with van der Waals surface area (Å²) in [6.07, 6.45) is 0.0271. The van der Waals surface area contributed by atoms with E-state index in [0.717, 1.165) is 5.56 Å². The maximum Gasteiger partial charge on any atom is 0.136 e. The Balaban J connectivity index is 3.05. The highest BCUT2D eigenvalue weighted by molar-refractivity contribution is 6.30. The van der Waals surface area contributed by atoms with Crippen LogP contribution in [0.4, 0.5) is 8.78 Å². The van der Waals surface area contributed by atoms with Gasteiger partial charge in [0.15, 0.2) is 0 Å². The number of rotatable bonds is 3. The molecule has 0 heterocycles. The third-order valence-corrected chi connectivity index (χ3v) is 2.55. The van der Waals surface area contributed by atoms with Gasteiger partial charge in [0.25, 0.3) is 0 Å². The Morgan fingerprint density at radius 3 is 2.20 bits per heavy atom. The fourth-order valence-electron chi connectivity index (χ4n) is 1.60. The molecule has 0 aliphatic heterocycles. The fourth-order valence-corrected chi connectivity index (χ4v) is 1.73. The van der Waals surface area contributed by atoms with Crippen LogP contribution in [0.1, 0.15) is 25.3 Å². The molecule has 0 aromatic heterocycles. The Bertz CT molecular complexity index is 341. The highest BCUT2D eigenvalue weighted by Crippen LogP contribution is 2.33. The first-order valence-corrected chi connectivity index (χ1v) is 5.15. The van der Waals surface area contributed by atoms with Crippen LogP contribution in [-0.4, -0.2) is 0 Å². The van der Waals surface area contributed by atoms with Crippen LogP contribution in [0, 0.1) is 5.92 Å². The zero-order valence-corrected chi connectivity index (χ0v) is 9.43. The lowest BCUT2D eigenvalue weighted by Gasteiger charge is -2.18. The zero-order chi connectivity index (χ0) is 11.4. The minimum absolute atomic E-state index is 0.00169. The molecule has 0 aliphatic rings. The van der Waals surface area contributed by atoms with Gasteiger partial charge in [-0.1, -0.05) is 37.6 Å². The van der Waals surface area contributed by atoms with Crippen LogP contribution in [-0.2, 0) is 0 Å². The number of hydrogen-bond donors (Lipinski definition) is 0. The Labute approximate surface area is 93.6 Å².